The van der Waals surface area contributed by atoms with Gasteiger partial charge in [0.05, 0.1) is 5.69 Å². The molecule has 0 atom stereocenters. The lowest BCUT2D eigenvalue weighted by Gasteiger charge is -2.20. The first-order valence-corrected chi connectivity index (χ1v) is 7.81. The summed E-state index contributed by atoms with van der Waals surface area (Å²) < 4.78 is 2.32. The van der Waals surface area contributed by atoms with Crippen LogP contribution in [0.5, 0.6) is 0 Å². The molecule has 0 aliphatic heterocycles. The molecule has 1 heterocycles. The predicted octanol–water partition coefficient (Wildman–Crippen LogP) is 5.75. The summed E-state index contributed by atoms with van der Waals surface area (Å²) in [6.07, 6.45) is 0. The monoisotopic (exact) mass is 289 g/mol. The minimum absolute atomic E-state index is 0.187. The van der Waals surface area contributed by atoms with Gasteiger partial charge in [-0.15, -0.1) is 0 Å². The fourth-order valence-corrected chi connectivity index (χ4v) is 2.83. The van der Waals surface area contributed by atoms with Crippen LogP contribution in [-0.4, -0.2) is 4.57 Å². The van der Waals surface area contributed by atoms with E-state index >= 15 is 0 Å². The summed E-state index contributed by atoms with van der Waals surface area (Å²) in [5, 5.41) is 0. The van der Waals surface area contributed by atoms with Crippen molar-refractivity contribution in [2.45, 2.75) is 33.1 Å². The molecule has 0 radical (unpaired) electrons. The molecule has 1 nitrogen and oxygen atoms in total. The molecule has 1 aromatic heterocycles. The lowest BCUT2D eigenvalue weighted by atomic mass is 9.87. The molecule has 0 bridgehead atoms. The van der Waals surface area contributed by atoms with E-state index in [4.69, 9.17) is 0 Å². The molecule has 22 heavy (non-hydrogen) atoms. The average molecular weight is 289 g/mol. The molecule has 0 amide bonds. The summed E-state index contributed by atoms with van der Waals surface area (Å²) >= 11 is 0. The Balaban J connectivity index is 2.08. The van der Waals surface area contributed by atoms with Gasteiger partial charge in [-0.25, -0.2) is 0 Å². The summed E-state index contributed by atoms with van der Waals surface area (Å²) in [4.78, 5) is 0. The van der Waals surface area contributed by atoms with E-state index < -0.39 is 0 Å². The Kier molecular flexibility index (Phi) is 3.66. The Labute approximate surface area is 133 Å². The first-order chi connectivity index (χ1) is 10.5. The highest BCUT2D eigenvalue weighted by molar-refractivity contribution is 5.64. The highest BCUT2D eigenvalue weighted by atomic mass is 15.0. The van der Waals surface area contributed by atoms with Crippen LogP contribution >= 0.6 is 0 Å². The standard InChI is InChI=1S/C21H23N/c1-16-10-15-20(17-8-6-5-7-9-17)22(16)19-13-11-18(12-14-19)21(2,3)4/h5-15H,1-4H3. The first kappa shape index (κ1) is 14.6. The Morgan fingerprint density at radius 2 is 1.36 bits per heavy atom. The average Bonchev–Trinajstić information content (AvgIpc) is 2.89. The van der Waals surface area contributed by atoms with Crippen molar-refractivity contribution in [2.24, 2.45) is 0 Å². The van der Waals surface area contributed by atoms with Gasteiger partial charge in [0.1, 0.15) is 0 Å². The van der Waals surface area contributed by atoms with Crippen molar-refractivity contribution in [3.8, 4) is 16.9 Å². The van der Waals surface area contributed by atoms with Gasteiger partial charge in [-0.05, 0) is 47.7 Å². The molecule has 0 saturated carbocycles. The second-order valence-electron chi connectivity index (χ2n) is 6.86. The van der Waals surface area contributed by atoms with Gasteiger partial charge in [0.15, 0.2) is 0 Å². The van der Waals surface area contributed by atoms with E-state index in [9.17, 15) is 0 Å². The highest BCUT2D eigenvalue weighted by Crippen LogP contribution is 2.28. The lowest BCUT2D eigenvalue weighted by molar-refractivity contribution is 0.590. The number of benzene rings is 2. The van der Waals surface area contributed by atoms with Crippen LogP contribution in [0.3, 0.4) is 0 Å². The van der Waals surface area contributed by atoms with Gasteiger partial charge in [-0.3, -0.25) is 0 Å². The van der Waals surface area contributed by atoms with Crippen molar-refractivity contribution in [3.63, 3.8) is 0 Å². The number of nitrogens with zero attached hydrogens (tertiary/aromatic N) is 1. The molecule has 0 spiro atoms. The fraction of sp³-hybridized carbons (Fsp3) is 0.238. The van der Waals surface area contributed by atoms with Crippen LogP contribution < -0.4 is 0 Å². The quantitative estimate of drug-likeness (QED) is 0.566. The SMILES string of the molecule is Cc1ccc(-c2ccccc2)n1-c1ccc(C(C)(C)C)cc1. The predicted molar refractivity (Wildman–Crippen MR) is 94.6 cm³/mol. The normalized spacial score (nSPS) is 11.6. The Morgan fingerprint density at radius 3 is 1.95 bits per heavy atom. The highest BCUT2D eigenvalue weighted by Gasteiger charge is 2.14. The van der Waals surface area contributed by atoms with E-state index in [1.807, 2.05) is 0 Å². The van der Waals surface area contributed by atoms with E-state index in [1.54, 1.807) is 0 Å². The topological polar surface area (TPSA) is 4.93 Å². The van der Waals surface area contributed by atoms with Gasteiger partial charge in [-0.2, -0.15) is 0 Å². The smallest absolute Gasteiger partial charge is 0.0531 e. The maximum atomic E-state index is 2.32. The molecule has 1 heteroatoms. The molecule has 0 N–H and O–H groups in total. The molecule has 0 aliphatic carbocycles. The van der Waals surface area contributed by atoms with Gasteiger partial charge in [0.2, 0.25) is 0 Å². The van der Waals surface area contributed by atoms with Crippen molar-refractivity contribution in [1.82, 2.24) is 4.57 Å². The molecule has 2 aromatic carbocycles. The van der Waals surface area contributed by atoms with Gasteiger partial charge in [0.25, 0.3) is 0 Å². The molecular formula is C21H23N. The van der Waals surface area contributed by atoms with Crippen LogP contribution in [0.4, 0.5) is 0 Å². The van der Waals surface area contributed by atoms with E-state index in [2.05, 4.69) is 99.0 Å². The minimum Gasteiger partial charge on any atom is -0.314 e. The van der Waals surface area contributed by atoms with Gasteiger partial charge in [0, 0.05) is 11.4 Å². The van der Waals surface area contributed by atoms with Crippen molar-refractivity contribution in [2.75, 3.05) is 0 Å². The largest absolute Gasteiger partial charge is 0.314 e. The van der Waals surface area contributed by atoms with E-state index in [0.29, 0.717) is 0 Å². The van der Waals surface area contributed by atoms with E-state index in [1.165, 1.54) is 28.2 Å². The molecule has 3 rings (SSSR count). The Morgan fingerprint density at radius 1 is 0.727 bits per heavy atom. The maximum Gasteiger partial charge on any atom is 0.0531 e. The molecule has 0 saturated heterocycles. The summed E-state index contributed by atoms with van der Waals surface area (Å²) in [7, 11) is 0. The number of hydrogen-bond donors (Lipinski definition) is 0. The van der Waals surface area contributed by atoms with Crippen molar-refractivity contribution < 1.29 is 0 Å². The number of hydrogen-bond acceptors (Lipinski definition) is 0. The minimum atomic E-state index is 0.187. The third-order valence-electron chi connectivity index (χ3n) is 4.14. The van der Waals surface area contributed by atoms with Crippen LogP contribution in [0.1, 0.15) is 32.0 Å². The van der Waals surface area contributed by atoms with Crippen LogP contribution in [-0.2, 0) is 5.41 Å². The van der Waals surface area contributed by atoms with Gasteiger partial charge in [-0.1, -0.05) is 63.2 Å². The Bertz CT molecular complexity index is 756. The van der Waals surface area contributed by atoms with Crippen LogP contribution in [0.25, 0.3) is 16.9 Å². The summed E-state index contributed by atoms with van der Waals surface area (Å²) in [5.74, 6) is 0. The molecular weight excluding hydrogens is 266 g/mol. The van der Waals surface area contributed by atoms with Crippen molar-refractivity contribution in [1.29, 1.82) is 0 Å². The second-order valence-corrected chi connectivity index (χ2v) is 6.86. The third-order valence-corrected chi connectivity index (χ3v) is 4.14. The maximum absolute atomic E-state index is 2.32. The zero-order chi connectivity index (χ0) is 15.7. The van der Waals surface area contributed by atoms with E-state index in [-0.39, 0.29) is 5.41 Å². The molecule has 112 valence electrons. The first-order valence-electron chi connectivity index (χ1n) is 7.81. The number of rotatable bonds is 2. The van der Waals surface area contributed by atoms with Crippen molar-refractivity contribution >= 4 is 0 Å². The summed E-state index contributed by atoms with van der Waals surface area (Å²) in [6, 6.07) is 23.9. The molecule has 0 aliphatic rings. The van der Waals surface area contributed by atoms with E-state index in [0.717, 1.165) is 0 Å². The lowest BCUT2D eigenvalue weighted by Crippen LogP contribution is -2.11. The van der Waals surface area contributed by atoms with Crippen LogP contribution in [0.2, 0.25) is 0 Å². The van der Waals surface area contributed by atoms with Crippen LogP contribution in [0, 0.1) is 6.92 Å². The second kappa shape index (κ2) is 5.49. The van der Waals surface area contributed by atoms with Gasteiger partial charge >= 0.3 is 0 Å². The Hall–Kier alpha value is -2.28. The zero-order valence-corrected chi connectivity index (χ0v) is 13.8. The molecule has 0 unspecified atom stereocenters. The zero-order valence-electron chi connectivity index (χ0n) is 13.8. The van der Waals surface area contributed by atoms with Crippen LogP contribution in [0.15, 0.2) is 66.7 Å². The third kappa shape index (κ3) is 2.71. The van der Waals surface area contributed by atoms with Gasteiger partial charge < -0.3 is 4.57 Å². The number of aromatic nitrogens is 1. The number of aryl methyl sites for hydroxylation is 1. The van der Waals surface area contributed by atoms with Crippen molar-refractivity contribution in [3.05, 3.63) is 78.0 Å². The molecule has 0 fully saturated rings. The molecule has 3 aromatic rings. The fourth-order valence-electron chi connectivity index (χ4n) is 2.83. The summed E-state index contributed by atoms with van der Waals surface area (Å²) in [6.45, 7) is 8.90. The summed E-state index contributed by atoms with van der Waals surface area (Å²) in [5.41, 5.74) is 6.50.